The van der Waals surface area contributed by atoms with Crippen molar-refractivity contribution in [3.05, 3.63) is 71.8 Å². The van der Waals surface area contributed by atoms with Crippen molar-refractivity contribution in [3.63, 3.8) is 0 Å². The molecule has 2 saturated heterocycles. The van der Waals surface area contributed by atoms with Crippen LogP contribution in [-0.4, -0.2) is 78.2 Å². The molecule has 0 spiro atoms. The number of piperazine rings is 1. The van der Waals surface area contributed by atoms with E-state index in [4.69, 9.17) is 0 Å². The zero-order valence-corrected chi connectivity index (χ0v) is 19.9. The maximum absolute atomic E-state index is 13.9. The summed E-state index contributed by atoms with van der Waals surface area (Å²) in [5.74, 6) is 0.212. The highest BCUT2D eigenvalue weighted by Gasteiger charge is 2.45. The highest BCUT2D eigenvalue weighted by atomic mass is 16.2. The molecule has 2 fully saturated rings. The lowest BCUT2D eigenvalue weighted by molar-refractivity contribution is -0.144. The average Bonchev–Trinajstić information content (AvgIpc) is 2.88. The maximum atomic E-state index is 13.9. The van der Waals surface area contributed by atoms with E-state index in [0.29, 0.717) is 65.2 Å². The van der Waals surface area contributed by atoms with Crippen molar-refractivity contribution < 1.29 is 14.4 Å². The molecule has 2 heterocycles. The van der Waals surface area contributed by atoms with Crippen LogP contribution in [0.25, 0.3) is 0 Å². The molecule has 2 aromatic carbocycles. The van der Waals surface area contributed by atoms with Crippen LogP contribution in [0.15, 0.2) is 60.7 Å². The molecule has 2 aliphatic heterocycles. The quantitative estimate of drug-likeness (QED) is 0.713. The second-order valence-electron chi connectivity index (χ2n) is 9.28. The van der Waals surface area contributed by atoms with Gasteiger partial charge in [0.1, 0.15) is 0 Å². The Labute approximate surface area is 201 Å². The SMILES string of the molecule is CC(=O)N1CCC(C(=O)N2CCN(CC(=O)NCc3ccccc3)CC2)(c2ccccc2)CC1. The third-order valence-electron chi connectivity index (χ3n) is 7.16. The molecule has 4 rings (SSSR count). The van der Waals surface area contributed by atoms with Crippen molar-refractivity contribution in [2.75, 3.05) is 45.8 Å². The largest absolute Gasteiger partial charge is 0.351 e. The molecule has 0 atom stereocenters. The van der Waals surface area contributed by atoms with Crippen LogP contribution < -0.4 is 5.32 Å². The lowest BCUT2D eigenvalue weighted by Gasteiger charge is -2.45. The van der Waals surface area contributed by atoms with E-state index in [1.165, 1.54) is 0 Å². The summed E-state index contributed by atoms with van der Waals surface area (Å²) in [5, 5.41) is 2.98. The van der Waals surface area contributed by atoms with Crippen LogP contribution in [0.3, 0.4) is 0 Å². The van der Waals surface area contributed by atoms with Crippen molar-refractivity contribution in [1.82, 2.24) is 20.0 Å². The summed E-state index contributed by atoms with van der Waals surface area (Å²) in [6.07, 6.45) is 1.27. The van der Waals surface area contributed by atoms with Gasteiger partial charge in [-0.2, -0.15) is 0 Å². The molecule has 0 unspecified atom stereocenters. The van der Waals surface area contributed by atoms with E-state index in [1.807, 2.05) is 70.5 Å². The maximum Gasteiger partial charge on any atom is 0.234 e. The fourth-order valence-electron chi connectivity index (χ4n) is 5.05. The Kier molecular flexibility index (Phi) is 7.63. The predicted molar refractivity (Wildman–Crippen MR) is 131 cm³/mol. The second kappa shape index (κ2) is 10.8. The lowest BCUT2D eigenvalue weighted by atomic mass is 9.71. The molecule has 7 heteroatoms. The van der Waals surface area contributed by atoms with Crippen LogP contribution in [0.5, 0.6) is 0 Å². The Balaban J connectivity index is 1.34. The lowest BCUT2D eigenvalue weighted by Crippen LogP contribution is -2.58. The first-order valence-electron chi connectivity index (χ1n) is 12.1. The molecule has 2 aliphatic rings. The Morgan fingerprint density at radius 1 is 0.794 bits per heavy atom. The number of carbonyl (C=O) groups is 3. The number of rotatable bonds is 6. The molecule has 1 N–H and O–H groups in total. The third-order valence-corrected chi connectivity index (χ3v) is 7.16. The number of carbonyl (C=O) groups excluding carboxylic acids is 3. The fraction of sp³-hybridized carbons (Fsp3) is 0.444. The third kappa shape index (κ3) is 5.47. The van der Waals surface area contributed by atoms with Gasteiger partial charge in [0.2, 0.25) is 17.7 Å². The monoisotopic (exact) mass is 462 g/mol. The van der Waals surface area contributed by atoms with E-state index in [-0.39, 0.29) is 17.7 Å². The first-order chi connectivity index (χ1) is 16.5. The summed E-state index contributed by atoms with van der Waals surface area (Å²) < 4.78 is 0. The zero-order chi connectivity index (χ0) is 24.0. The first kappa shape index (κ1) is 24.0. The van der Waals surface area contributed by atoms with Gasteiger partial charge in [0.15, 0.2) is 0 Å². The molecule has 0 saturated carbocycles. The highest BCUT2D eigenvalue weighted by Crippen LogP contribution is 2.37. The van der Waals surface area contributed by atoms with Crippen LogP contribution in [0, 0.1) is 0 Å². The van der Waals surface area contributed by atoms with Crippen LogP contribution >= 0.6 is 0 Å². The summed E-state index contributed by atoms with van der Waals surface area (Å²) in [4.78, 5) is 44.0. The van der Waals surface area contributed by atoms with Gasteiger partial charge in [-0.05, 0) is 24.0 Å². The Morgan fingerprint density at radius 2 is 1.38 bits per heavy atom. The first-order valence-corrected chi connectivity index (χ1v) is 12.1. The van der Waals surface area contributed by atoms with Gasteiger partial charge in [0.25, 0.3) is 0 Å². The van der Waals surface area contributed by atoms with E-state index in [0.717, 1.165) is 11.1 Å². The number of likely N-dealkylation sites (tertiary alicyclic amines) is 1. The van der Waals surface area contributed by atoms with Gasteiger partial charge < -0.3 is 15.1 Å². The predicted octanol–water partition coefficient (Wildman–Crippen LogP) is 2.03. The number of amides is 3. The number of hydrogen-bond acceptors (Lipinski definition) is 4. The molecule has 7 nitrogen and oxygen atoms in total. The molecule has 0 radical (unpaired) electrons. The van der Waals surface area contributed by atoms with Gasteiger partial charge in [-0.25, -0.2) is 0 Å². The van der Waals surface area contributed by atoms with Crippen molar-refractivity contribution >= 4 is 17.7 Å². The van der Waals surface area contributed by atoms with Gasteiger partial charge in [0, 0.05) is 52.7 Å². The molecule has 2 aromatic rings. The summed E-state index contributed by atoms with van der Waals surface area (Å²) >= 11 is 0. The van der Waals surface area contributed by atoms with E-state index < -0.39 is 5.41 Å². The minimum Gasteiger partial charge on any atom is -0.351 e. The number of nitrogens with zero attached hydrogens (tertiary/aromatic N) is 3. The molecule has 180 valence electrons. The van der Waals surface area contributed by atoms with E-state index in [1.54, 1.807) is 6.92 Å². The number of nitrogens with one attached hydrogen (secondary N) is 1. The fourth-order valence-corrected chi connectivity index (χ4v) is 5.05. The Hall–Kier alpha value is -3.19. The molecule has 0 aliphatic carbocycles. The second-order valence-corrected chi connectivity index (χ2v) is 9.28. The average molecular weight is 463 g/mol. The van der Waals surface area contributed by atoms with Crippen molar-refractivity contribution in [2.24, 2.45) is 0 Å². The van der Waals surface area contributed by atoms with Crippen LogP contribution in [0.1, 0.15) is 30.9 Å². The molecule has 0 bridgehead atoms. The number of piperidine rings is 1. The number of benzene rings is 2. The zero-order valence-electron chi connectivity index (χ0n) is 19.9. The van der Waals surface area contributed by atoms with Gasteiger partial charge in [-0.1, -0.05) is 60.7 Å². The van der Waals surface area contributed by atoms with E-state index in [2.05, 4.69) is 10.2 Å². The van der Waals surface area contributed by atoms with Gasteiger partial charge >= 0.3 is 0 Å². The van der Waals surface area contributed by atoms with Crippen molar-refractivity contribution in [3.8, 4) is 0 Å². The Bertz CT molecular complexity index is 979. The van der Waals surface area contributed by atoms with E-state index in [9.17, 15) is 14.4 Å². The van der Waals surface area contributed by atoms with Crippen molar-refractivity contribution in [2.45, 2.75) is 31.7 Å². The Morgan fingerprint density at radius 3 is 1.97 bits per heavy atom. The molecule has 3 amide bonds. The number of hydrogen-bond donors (Lipinski definition) is 1. The van der Waals surface area contributed by atoms with Gasteiger partial charge in [-0.3, -0.25) is 19.3 Å². The molecule has 34 heavy (non-hydrogen) atoms. The minimum atomic E-state index is -0.595. The smallest absolute Gasteiger partial charge is 0.234 e. The van der Waals surface area contributed by atoms with Crippen molar-refractivity contribution in [1.29, 1.82) is 0 Å². The van der Waals surface area contributed by atoms with Crippen LogP contribution in [-0.2, 0) is 26.3 Å². The van der Waals surface area contributed by atoms with E-state index >= 15 is 0 Å². The van der Waals surface area contributed by atoms with Gasteiger partial charge in [0.05, 0.1) is 12.0 Å². The van der Waals surface area contributed by atoms with Crippen LogP contribution in [0.4, 0.5) is 0 Å². The highest BCUT2D eigenvalue weighted by molar-refractivity contribution is 5.89. The topological polar surface area (TPSA) is 73.0 Å². The van der Waals surface area contributed by atoms with Gasteiger partial charge in [-0.15, -0.1) is 0 Å². The normalized spacial score (nSPS) is 18.4. The molecular formula is C27H34N4O3. The molecular weight excluding hydrogens is 428 g/mol. The molecule has 0 aromatic heterocycles. The summed E-state index contributed by atoms with van der Waals surface area (Å²) in [6, 6.07) is 19.9. The minimum absolute atomic E-state index is 0.000917. The summed E-state index contributed by atoms with van der Waals surface area (Å²) in [7, 11) is 0. The van der Waals surface area contributed by atoms with Crippen LogP contribution in [0.2, 0.25) is 0 Å². The standard InChI is InChI=1S/C27H34N4O3/c1-22(32)30-14-12-27(13-15-30,24-10-6-3-7-11-24)26(34)31-18-16-29(17-19-31)21-25(33)28-20-23-8-4-2-5-9-23/h2-11H,12-21H2,1H3,(H,28,33). The summed E-state index contributed by atoms with van der Waals surface area (Å²) in [6.45, 7) is 6.21. The summed E-state index contributed by atoms with van der Waals surface area (Å²) in [5.41, 5.74) is 1.52.